The Morgan fingerprint density at radius 2 is 1.71 bits per heavy atom. The van der Waals surface area contributed by atoms with Crippen molar-refractivity contribution in [3.8, 4) is 0 Å². The van der Waals surface area contributed by atoms with E-state index in [1.54, 1.807) is 11.8 Å². The van der Waals surface area contributed by atoms with Gasteiger partial charge in [-0.2, -0.15) is 0 Å². The molecule has 5 nitrogen and oxygen atoms in total. The van der Waals surface area contributed by atoms with Crippen molar-refractivity contribution >= 4 is 39.5 Å². The molecule has 1 unspecified atom stereocenters. The van der Waals surface area contributed by atoms with Gasteiger partial charge in [0.15, 0.2) is 13.1 Å². The predicted molar refractivity (Wildman–Crippen MR) is 102 cm³/mol. The average molecular weight is 417 g/mol. The van der Waals surface area contributed by atoms with Gasteiger partial charge in [0, 0.05) is 27.2 Å². The summed E-state index contributed by atoms with van der Waals surface area (Å²) in [5.74, 6) is 0.739. The van der Waals surface area contributed by atoms with Gasteiger partial charge in [-0.1, -0.05) is 15.9 Å². The number of thioether (sulfide) groups is 1. The smallest absolute Gasteiger partial charge is 0.275 e. The molecule has 1 atom stereocenters. The molecule has 0 aromatic heterocycles. The lowest BCUT2D eigenvalue weighted by Gasteiger charge is -2.21. The van der Waals surface area contributed by atoms with Crippen LogP contribution in [-0.2, 0) is 9.59 Å². The molecule has 3 N–H and O–H groups in total. The molecule has 1 aromatic carbocycles. The van der Waals surface area contributed by atoms with Crippen LogP contribution in [0.5, 0.6) is 0 Å². The summed E-state index contributed by atoms with van der Waals surface area (Å²) >= 11 is 5.11. The van der Waals surface area contributed by atoms with Crippen LogP contribution in [0.25, 0.3) is 0 Å². The monoisotopic (exact) mass is 416 g/mol. The number of hydrogen-bond donors (Lipinski definition) is 3. The number of benzene rings is 1. The summed E-state index contributed by atoms with van der Waals surface area (Å²) in [6, 6.07) is 8.09. The zero-order valence-electron chi connectivity index (χ0n) is 14.7. The van der Waals surface area contributed by atoms with Gasteiger partial charge in [-0.25, -0.2) is 0 Å². The largest absolute Gasteiger partial charge is 0.350 e. The van der Waals surface area contributed by atoms with E-state index in [1.807, 2.05) is 52.1 Å². The van der Waals surface area contributed by atoms with E-state index in [-0.39, 0.29) is 17.4 Å². The highest BCUT2D eigenvalue weighted by Gasteiger charge is 2.18. The third kappa shape index (κ3) is 9.95. The first-order valence-corrected chi connectivity index (χ1v) is 9.71. The minimum atomic E-state index is -0.246. The maximum atomic E-state index is 11.9. The van der Waals surface area contributed by atoms with Crippen molar-refractivity contribution in [3.05, 3.63) is 28.7 Å². The number of halogens is 1. The summed E-state index contributed by atoms with van der Waals surface area (Å²) in [5, 5.41) is 5.79. The van der Waals surface area contributed by atoms with E-state index in [0.29, 0.717) is 19.6 Å². The Labute approximate surface area is 157 Å². The standard InChI is InChI=1S/C17H26BrN3O2S/c1-17(2,3)20-16(23)12-21(4)11-15(22)19-9-10-24-14-7-5-13(18)6-8-14/h5-8H,9-12H2,1-4H3,(H,19,22)(H,20,23)/p+1. The normalized spacial score (nSPS) is 12.5. The van der Waals surface area contributed by atoms with Crippen molar-refractivity contribution in [3.63, 3.8) is 0 Å². The highest BCUT2D eigenvalue weighted by atomic mass is 79.9. The molecular weight excluding hydrogens is 390 g/mol. The second kappa shape index (κ2) is 10.1. The topological polar surface area (TPSA) is 62.6 Å². The van der Waals surface area contributed by atoms with Crippen LogP contribution in [-0.4, -0.2) is 49.8 Å². The van der Waals surface area contributed by atoms with Gasteiger partial charge in [0.1, 0.15) is 0 Å². The number of carbonyl (C=O) groups excluding carboxylic acids is 2. The first-order valence-electron chi connectivity index (χ1n) is 7.93. The lowest BCUT2D eigenvalue weighted by molar-refractivity contribution is -0.862. The van der Waals surface area contributed by atoms with Gasteiger partial charge in [-0.3, -0.25) is 9.59 Å². The summed E-state index contributed by atoms with van der Waals surface area (Å²) < 4.78 is 1.06. The summed E-state index contributed by atoms with van der Waals surface area (Å²) in [5.41, 5.74) is -0.246. The van der Waals surface area contributed by atoms with Crippen LogP contribution in [0.1, 0.15) is 20.8 Å². The van der Waals surface area contributed by atoms with Crippen LogP contribution in [0.2, 0.25) is 0 Å². The fourth-order valence-corrected chi connectivity index (χ4v) is 3.06. The Balaban J connectivity index is 2.18. The van der Waals surface area contributed by atoms with Crippen molar-refractivity contribution in [2.24, 2.45) is 0 Å². The number of quaternary nitrogens is 1. The van der Waals surface area contributed by atoms with Crippen LogP contribution < -0.4 is 15.5 Å². The number of nitrogens with one attached hydrogen (secondary N) is 3. The molecule has 0 saturated carbocycles. The van der Waals surface area contributed by atoms with Crippen LogP contribution in [0, 0.1) is 0 Å². The van der Waals surface area contributed by atoms with Crippen LogP contribution in [0.15, 0.2) is 33.6 Å². The van der Waals surface area contributed by atoms with Gasteiger partial charge in [-0.15, -0.1) is 11.8 Å². The molecule has 0 aliphatic rings. The molecule has 0 bridgehead atoms. The molecule has 0 aliphatic heterocycles. The number of carbonyl (C=O) groups is 2. The summed E-state index contributed by atoms with van der Waals surface area (Å²) in [7, 11) is 1.85. The Kier molecular flexibility index (Phi) is 8.80. The Hall–Kier alpha value is -1.05. The highest BCUT2D eigenvalue weighted by Crippen LogP contribution is 2.19. The average Bonchev–Trinajstić information content (AvgIpc) is 2.43. The first-order chi connectivity index (χ1) is 11.2. The van der Waals surface area contributed by atoms with E-state index < -0.39 is 0 Å². The van der Waals surface area contributed by atoms with Crippen LogP contribution in [0.3, 0.4) is 0 Å². The SMILES string of the molecule is C[NH+](CC(=O)NCCSc1ccc(Br)cc1)CC(=O)NC(C)(C)C. The van der Waals surface area contributed by atoms with Crippen molar-refractivity contribution in [1.82, 2.24) is 10.6 Å². The van der Waals surface area contributed by atoms with Gasteiger partial charge in [-0.05, 0) is 45.0 Å². The summed E-state index contributed by atoms with van der Waals surface area (Å²) in [4.78, 5) is 25.8. The van der Waals surface area contributed by atoms with Gasteiger partial charge in [0.2, 0.25) is 0 Å². The zero-order chi connectivity index (χ0) is 18.2. The Bertz CT molecular complexity index is 544. The highest BCUT2D eigenvalue weighted by molar-refractivity contribution is 9.10. The fourth-order valence-electron chi connectivity index (χ4n) is 2.03. The number of likely N-dealkylation sites (N-methyl/N-ethyl adjacent to an activating group) is 1. The van der Waals surface area contributed by atoms with E-state index in [0.717, 1.165) is 15.1 Å². The summed E-state index contributed by atoms with van der Waals surface area (Å²) in [6.45, 7) is 7.02. The molecule has 0 saturated heterocycles. The third-order valence-electron chi connectivity index (χ3n) is 2.95. The maximum absolute atomic E-state index is 11.9. The molecule has 0 radical (unpaired) electrons. The number of hydrogen-bond acceptors (Lipinski definition) is 3. The minimum absolute atomic E-state index is 0.0348. The van der Waals surface area contributed by atoms with Crippen LogP contribution in [0.4, 0.5) is 0 Å². The number of amides is 2. The lowest BCUT2D eigenvalue weighted by Crippen LogP contribution is -3.11. The van der Waals surface area contributed by atoms with E-state index in [9.17, 15) is 9.59 Å². The molecular formula is C17H27BrN3O2S+. The fraction of sp³-hybridized carbons (Fsp3) is 0.529. The number of rotatable bonds is 8. The Morgan fingerprint density at radius 3 is 2.29 bits per heavy atom. The van der Waals surface area contributed by atoms with E-state index in [1.165, 1.54) is 4.90 Å². The van der Waals surface area contributed by atoms with Crippen molar-refractivity contribution < 1.29 is 14.5 Å². The van der Waals surface area contributed by atoms with Crippen molar-refractivity contribution in [2.45, 2.75) is 31.2 Å². The molecule has 1 aromatic rings. The minimum Gasteiger partial charge on any atom is -0.350 e. The van der Waals surface area contributed by atoms with Gasteiger partial charge in [0.05, 0.1) is 7.05 Å². The third-order valence-corrected chi connectivity index (χ3v) is 4.49. The molecule has 134 valence electrons. The first kappa shape index (κ1) is 21.0. The van der Waals surface area contributed by atoms with E-state index in [2.05, 4.69) is 26.6 Å². The quantitative estimate of drug-likeness (QED) is 0.438. The van der Waals surface area contributed by atoms with E-state index >= 15 is 0 Å². The molecule has 0 fully saturated rings. The second-order valence-corrected chi connectivity index (χ2v) is 8.85. The van der Waals surface area contributed by atoms with Gasteiger partial charge < -0.3 is 15.5 Å². The van der Waals surface area contributed by atoms with Crippen LogP contribution >= 0.6 is 27.7 Å². The maximum Gasteiger partial charge on any atom is 0.275 e. The molecule has 7 heteroatoms. The molecule has 0 aliphatic carbocycles. The lowest BCUT2D eigenvalue weighted by atomic mass is 10.1. The molecule has 2 amide bonds. The van der Waals surface area contributed by atoms with Crippen molar-refractivity contribution in [1.29, 1.82) is 0 Å². The second-order valence-electron chi connectivity index (χ2n) is 6.76. The van der Waals surface area contributed by atoms with Crippen molar-refractivity contribution in [2.75, 3.05) is 32.4 Å². The van der Waals surface area contributed by atoms with Gasteiger partial charge >= 0.3 is 0 Å². The molecule has 0 spiro atoms. The summed E-state index contributed by atoms with van der Waals surface area (Å²) in [6.07, 6.45) is 0. The van der Waals surface area contributed by atoms with Gasteiger partial charge in [0.25, 0.3) is 11.8 Å². The molecule has 0 heterocycles. The Morgan fingerprint density at radius 1 is 1.12 bits per heavy atom. The molecule has 24 heavy (non-hydrogen) atoms. The zero-order valence-corrected chi connectivity index (χ0v) is 17.1. The predicted octanol–water partition coefficient (Wildman–Crippen LogP) is 1.09. The van der Waals surface area contributed by atoms with E-state index in [4.69, 9.17) is 0 Å². The molecule has 1 rings (SSSR count).